The van der Waals surface area contributed by atoms with Gasteiger partial charge >= 0.3 is 0 Å². The summed E-state index contributed by atoms with van der Waals surface area (Å²) in [7, 11) is -3.73. The number of sulfone groups is 1. The molecule has 0 radical (unpaired) electrons. The molecule has 0 aliphatic carbocycles. The summed E-state index contributed by atoms with van der Waals surface area (Å²) in [6, 6.07) is 1.44. The van der Waals surface area contributed by atoms with Crippen molar-refractivity contribution in [2.75, 3.05) is 12.8 Å². The molecular formula is C12H13BrN4O2S3. The first-order chi connectivity index (χ1) is 10.3. The molecule has 0 unspecified atom stereocenters. The third-order valence-corrected chi connectivity index (χ3v) is 7.79. The largest absolute Gasteiger partial charge is 0.383 e. The van der Waals surface area contributed by atoms with Gasteiger partial charge in [0.2, 0.25) is 9.84 Å². The van der Waals surface area contributed by atoms with Gasteiger partial charge in [0.05, 0.1) is 29.9 Å². The monoisotopic (exact) mass is 420 g/mol. The Morgan fingerprint density at radius 3 is 2.82 bits per heavy atom. The third-order valence-electron chi connectivity index (χ3n) is 2.78. The molecule has 10 heteroatoms. The number of halogens is 1. The molecule has 1 aromatic heterocycles. The van der Waals surface area contributed by atoms with E-state index in [2.05, 4.69) is 20.9 Å². The molecule has 22 heavy (non-hydrogen) atoms. The number of hydrogen-bond acceptors (Lipinski definition) is 7. The molecule has 0 fully saturated rings. The van der Waals surface area contributed by atoms with Crippen LogP contribution >= 0.6 is 39.0 Å². The van der Waals surface area contributed by atoms with Gasteiger partial charge in [-0.3, -0.25) is 10.4 Å². The maximum atomic E-state index is 12.9. The van der Waals surface area contributed by atoms with E-state index in [1.165, 1.54) is 41.3 Å². The lowest BCUT2D eigenvalue weighted by molar-refractivity contribution is 0.601. The summed E-state index contributed by atoms with van der Waals surface area (Å²) in [6.07, 6.45) is 4.73. The fourth-order valence-corrected chi connectivity index (χ4v) is 6.15. The number of thioether (sulfide) groups is 1. The van der Waals surface area contributed by atoms with Crippen LogP contribution in [0, 0.1) is 5.41 Å². The molecule has 1 aliphatic rings. The summed E-state index contributed by atoms with van der Waals surface area (Å²) in [4.78, 5) is 4.72. The predicted molar refractivity (Wildman–Crippen MR) is 95.9 cm³/mol. The summed E-state index contributed by atoms with van der Waals surface area (Å²) in [6.45, 7) is 0.185. The molecule has 0 amide bonds. The summed E-state index contributed by atoms with van der Waals surface area (Å²) in [5.41, 5.74) is 11.1. The minimum absolute atomic E-state index is 0.117. The lowest BCUT2D eigenvalue weighted by Crippen LogP contribution is -2.11. The Kier molecular flexibility index (Phi) is 5.15. The van der Waals surface area contributed by atoms with Gasteiger partial charge in [0.15, 0.2) is 0 Å². The van der Waals surface area contributed by atoms with Crippen LogP contribution in [-0.4, -0.2) is 32.9 Å². The Morgan fingerprint density at radius 2 is 2.23 bits per heavy atom. The highest BCUT2D eigenvalue weighted by atomic mass is 79.9. The van der Waals surface area contributed by atoms with E-state index in [9.17, 15) is 8.42 Å². The van der Waals surface area contributed by atoms with Crippen molar-refractivity contribution < 1.29 is 8.42 Å². The van der Waals surface area contributed by atoms with E-state index in [1.807, 2.05) is 0 Å². The highest BCUT2D eigenvalue weighted by Crippen LogP contribution is 2.37. The zero-order chi connectivity index (χ0) is 16.5. The van der Waals surface area contributed by atoms with Crippen molar-refractivity contribution in [1.82, 2.24) is 0 Å². The second kappa shape index (κ2) is 6.57. The fraction of sp³-hybridized carbons (Fsp3) is 0.167. The number of allylic oxidation sites excluding steroid dienone is 1. The number of thiophene rings is 1. The van der Waals surface area contributed by atoms with Crippen LogP contribution in [0.4, 0.5) is 0 Å². The van der Waals surface area contributed by atoms with Crippen LogP contribution in [0.1, 0.15) is 4.88 Å². The average Bonchev–Trinajstić information content (AvgIpc) is 2.83. The first-order valence-electron chi connectivity index (χ1n) is 5.92. The number of aliphatic imine (C=N–C) groups is 1. The molecule has 118 valence electrons. The van der Waals surface area contributed by atoms with Crippen molar-refractivity contribution in [3.8, 4) is 0 Å². The molecule has 1 aromatic rings. The van der Waals surface area contributed by atoms with Gasteiger partial charge in [-0.2, -0.15) is 0 Å². The van der Waals surface area contributed by atoms with Gasteiger partial charge in [0.1, 0.15) is 11.7 Å². The van der Waals surface area contributed by atoms with Crippen LogP contribution in [0.2, 0.25) is 0 Å². The quantitative estimate of drug-likeness (QED) is 0.390. The number of nitrogens with two attached hydrogens (primary N) is 2. The Balaban J connectivity index is 2.57. The molecule has 2 heterocycles. The van der Waals surface area contributed by atoms with Gasteiger partial charge in [0, 0.05) is 0 Å². The lowest BCUT2D eigenvalue weighted by Gasteiger charge is -2.05. The topological polar surface area (TPSA) is 122 Å². The normalized spacial score (nSPS) is 15.6. The van der Waals surface area contributed by atoms with E-state index in [1.54, 1.807) is 6.26 Å². The second-order valence-corrected chi connectivity index (χ2v) is 9.11. The van der Waals surface area contributed by atoms with Gasteiger partial charge < -0.3 is 11.5 Å². The minimum atomic E-state index is -3.73. The number of nitrogens with zero attached hydrogens (tertiary/aromatic N) is 1. The standard InChI is InChI=1S/C12H13BrN4O2S3/c1-20-12-9(5-8(21-12)10(14)15)22(18,19)6-2-3-17-11(16)7(13)4-6/h2,4-5H,3H2,1H3,(H3,14,15)(H2,16,17). The zero-order valence-electron chi connectivity index (χ0n) is 11.5. The van der Waals surface area contributed by atoms with Gasteiger partial charge in [-0.15, -0.1) is 23.1 Å². The molecule has 0 saturated carbocycles. The third kappa shape index (κ3) is 3.29. The maximum Gasteiger partial charge on any atom is 0.208 e. The first kappa shape index (κ1) is 17.3. The number of nitrogens with one attached hydrogen (secondary N) is 1. The van der Waals surface area contributed by atoms with Crippen LogP contribution in [0.25, 0.3) is 0 Å². The van der Waals surface area contributed by atoms with Crippen molar-refractivity contribution in [2.24, 2.45) is 16.5 Å². The molecule has 2 rings (SSSR count). The van der Waals surface area contributed by atoms with Crippen LogP contribution < -0.4 is 11.5 Å². The van der Waals surface area contributed by atoms with E-state index >= 15 is 0 Å². The van der Waals surface area contributed by atoms with E-state index in [4.69, 9.17) is 16.9 Å². The molecule has 0 saturated heterocycles. The van der Waals surface area contributed by atoms with E-state index in [0.717, 1.165) is 0 Å². The predicted octanol–water partition coefficient (Wildman–Crippen LogP) is 2.06. The first-order valence-corrected chi connectivity index (χ1v) is 10.2. The summed E-state index contributed by atoms with van der Waals surface area (Å²) in [5, 5.41) is 7.48. The highest BCUT2D eigenvalue weighted by Gasteiger charge is 2.26. The Hall–Kier alpha value is -1.10. The molecule has 0 spiro atoms. The Morgan fingerprint density at radius 1 is 1.55 bits per heavy atom. The van der Waals surface area contributed by atoms with E-state index in [-0.39, 0.29) is 28.0 Å². The van der Waals surface area contributed by atoms with E-state index in [0.29, 0.717) is 13.6 Å². The number of amidine groups is 2. The number of hydrogen-bond donors (Lipinski definition) is 3. The van der Waals surface area contributed by atoms with Crippen LogP contribution in [0.15, 0.2) is 41.7 Å². The molecule has 0 aromatic carbocycles. The van der Waals surface area contributed by atoms with Crippen molar-refractivity contribution in [3.63, 3.8) is 0 Å². The van der Waals surface area contributed by atoms with E-state index < -0.39 is 9.84 Å². The second-order valence-electron chi connectivity index (χ2n) is 4.21. The van der Waals surface area contributed by atoms with Crippen molar-refractivity contribution in [3.05, 3.63) is 32.5 Å². The Labute approximate surface area is 144 Å². The fourth-order valence-electron chi connectivity index (χ4n) is 1.70. The zero-order valence-corrected chi connectivity index (χ0v) is 15.5. The SMILES string of the molecule is CSc1sc(C(=N)N)cc1S(=O)(=O)C1=CCN=C(N)C(Br)=C1. The number of rotatable bonds is 4. The van der Waals surface area contributed by atoms with Gasteiger partial charge in [-0.05, 0) is 40.4 Å². The van der Waals surface area contributed by atoms with Crippen LogP contribution in [0.3, 0.4) is 0 Å². The summed E-state index contributed by atoms with van der Waals surface area (Å²) in [5.74, 6) is 0.0992. The molecular weight excluding hydrogens is 408 g/mol. The Bertz CT molecular complexity index is 821. The average molecular weight is 421 g/mol. The number of nitrogen functional groups attached to an aromatic ring is 1. The summed E-state index contributed by atoms with van der Waals surface area (Å²) >= 11 is 5.71. The molecule has 0 bridgehead atoms. The smallest absolute Gasteiger partial charge is 0.208 e. The van der Waals surface area contributed by atoms with Crippen LogP contribution in [0.5, 0.6) is 0 Å². The molecule has 5 N–H and O–H groups in total. The molecule has 6 nitrogen and oxygen atoms in total. The minimum Gasteiger partial charge on any atom is -0.383 e. The van der Waals surface area contributed by atoms with Gasteiger partial charge in [-0.1, -0.05) is 0 Å². The van der Waals surface area contributed by atoms with Gasteiger partial charge in [-0.25, -0.2) is 8.42 Å². The highest BCUT2D eigenvalue weighted by molar-refractivity contribution is 9.12. The van der Waals surface area contributed by atoms with Gasteiger partial charge in [0.25, 0.3) is 0 Å². The van der Waals surface area contributed by atoms with Crippen molar-refractivity contribution in [1.29, 1.82) is 5.41 Å². The van der Waals surface area contributed by atoms with Crippen LogP contribution in [-0.2, 0) is 9.84 Å². The van der Waals surface area contributed by atoms with Crippen molar-refractivity contribution >= 4 is 60.5 Å². The molecule has 1 aliphatic heterocycles. The maximum absolute atomic E-state index is 12.9. The lowest BCUT2D eigenvalue weighted by atomic mass is 10.4. The summed E-state index contributed by atoms with van der Waals surface area (Å²) < 4.78 is 26.7. The van der Waals surface area contributed by atoms with Crippen molar-refractivity contribution in [2.45, 2.75) is 9.10 Å². The molecule has 0 atom stereocenters.